The van der Waals surface area contributed by atoms with Gasteiger partial charge in [-0.1, -0.05) is 11.6 Å². The lowest BCUT2D eigenvalue weighted by Crippen LogP contribution is -2.22. The first-order chi connectivity index (χ1) is 28.4. The van der Waals surface area contributed by atoms with Crippen molar-refractivity contribution in [1.82, 2.24) is 59.1 Å². The fraction of sp³-hybridized carbons (Fsp3) is 0.324. The zero-order chi connectivity index (χ0) is 47.0. The number of carbonyl (C=O) groups excluding carboxylic acids is 2. The minimum absolute atomic E-state index is 0.0434. The van der Waals surface area contributed by atoms with Crippen LogP contribution in [-0.2, 0) is 32.9 Å². The summed E-state index contributed by atoms with van der Waals surface area (Å²) in [6.07, 6.45) is 0. The molecule has 6 heterocycles. The van der Waals surface area contributed by atoms with Crippen LogP contribution in [0.3, 0.4) is 0 Å². The smallest absolute Gasteiger partial charge is 0.327 e. The van der Waals surface area contributed by atoms with Crippen molar-refractivity contribution in [2.75, 3.05) is 18.1 Å². The summed E-state index contributed by atoms with van der Waals surface area (Å²) in [5.41, 5.74) is 28.2. The molecule has 0 unspecified atom stereocenters. The Balaban J connectivity index is 0.000000375. The molecule has 6 rings (SSSR count). The number of nitrogens with zero attached hydrogens (tertiary/aromatic N) is 13. The highest BCUT2D eigenvalue weighted by Gasteiger charge is 2.15. The van der Waals surface area contributed by atoms with E-state index in [1.807, 2.05) is 13.0 Å². The molecule has 0 aliphatic heterocycles. The van der Waals surface area contributed by atoms with Crippen LogP contribution in [0.25, 0.3) is 22.1 Å². The Bertz CT molecular complexity index is 2800. The SMILES string of the molecule is CCOC(C)=C(C#N)C#N.Cc1nn(C)c(N)c1C#N.Cc1nn(C)c(N)c1C(N)=O.Cc1nn(C)c2[nH]c(=O)[nH]c(=O)c12.Cc1nn(C)c2nc(Cl)nc(Cl)c12.NC(N)=O. The number of aryl methyl sites for hydroxylation is 8. The number of nitrogens with two attached hydrogens (primary N) is 5. The maximum atomic E-state index is 11.3. The number of rotatable bonds is 3. The third kappa shape index (κ3) is 13.8. The van der Waals surface area contributed by atoms with Gasteiger partial charge in [0.05, 0.1) is 34.8 Å². The summed E-state index contributed by atoms with van der Waals surface area (Å²) in [4.78, 5) is 54.5. The Morgan fingerprint density at radius 2 is 1.25 bits per heavy atom. The van der Waals surface area contributed by atoms with Gasteiger partial charge in [0.2, 0.25) is 5.28 Å². The van der Waals surface area contributed by atoms with E-state index < -0.39 is 23.2 Å². The van der Waals surface area contributed by atoms with Gasteiger partial charge in [0, 0.05) is 28.2 Å². The van der Waals surface area contributed by atoms with Gasteiger partial charge in [0.1, 0.15) is 62.9 Å². The van der Waals surface area contributed by atoms with Crippen LogP contribution < -0.4 is 39.9 Å². The second-order valence-corrected chi connectivity index (χ2v) is 12.6. The molecule has 0 bridgehead atoms. The average Bonchev–Trinajstić information content (AvgIpc) is 3.79. The van der Waals surface area contributed by atoms with Crippen molar-refractivity contribution in [1.29, 1.82) is 15.8 Å². The van der Waals surface area contributed by atoms with Crippen LogP contribution in [0.15, 0.2) is 20.9 Å². The van der Waals surface area contributed by atoms with Crippen molar-refractivity contribution >= 4 is 68.8 Å². The Morgan fingerprint density at radius 3 is 1.66 bits per heavy atom. The number of amides is 3. The van der Waals surface area contributed by atoms with Crippen LogP contribution in [0.4, 0.5) is 16.4 Å². The van der Waals surface area contributed by atoms with E-state index in [1.165, 1.54) is 14.0 Å². The number of hydrogen-bond acceptors (Lipinski definition) is 16. The van der Waals surface area contributed by atoms with Crippen LogP contribution in [-0.4, -0.2) is 77.6 Å². The van der Waals surface area contributed by atoms with Gasteiger partial charge in [-0.3, -0.25) is 33.6 Å². The van der Waals surface area contributed by atoms with Crippen LogP contribution in [0.2, 0.25) is 10.4 Å². The highest BCUT2D eigenvalue weighted by molar-refractivity contribution is 6.35. The van der Waals surface area contributed by atoms with Crippen molar-refractivity contribution in [2.24, 2.45) is 45.4 Å². The van der Waals surface area contributed by atoms with Crippen molar-refractivity contribution in [3.8, 4) is 18.2 Å². The number of allylic oxidation sites excluding steroid dienone is 2. The molecular weight excluding hydrogens is 839 g/mol. The van der Waals surface area contributed by atoms with Crippen LogP contribution in [0.1, 0.15) is 52.5 Å². The van der Waals surface area contributed by atoms with Crippen molar-refractivity contribution < 1.29 is 14.3 Å². The minimum atomic E-state index is -0.833. The maximum absolute atomic E-state index is 11.3. The number of aromatic nitrogens is 12. The number of fused-ring (bicyclic) bond motifs is 2. The second kappa shape index (κ2) is 22.8. The van der Waals surface area contributed by atoms with Crippen molar-refractivity contribution in [3.05, 3.63) is 76.5 Å². The minimum Gasteiger partial charge on any atom is -0.496 e. The van der Waals surface area contributed by atoms with Crippen LogP contribution in [0, 0.1) is 61.7 Å². The second-order valence-electron chi connectivity index (χ2n) is 11.9. The molecule has 324 valence electrons. The molecule has 6 aromatic heterocycles. The van der Waals surface area contributed by atoms with E-state index in [0.29, 0.717) is 74.0 Å². The normalized spacial score (nSPS) is 9.59. The lowest BCUT2D eigenvalue weighted by Gasteiger charge is -1.99. The number of nitrogens with one attached hydrogen (secondary N) is 2. The number of nitrogen functional groups attached to an aromatic ring is 2. The van der Waals surface area contributed by atoms with E-state index in [1.54, 1.807) is 79.6 Å². The van der Waals surface area contributed by atoms with E-state index in [9.17, 15) is 14.4 Å². The third-order valence-corrected chi connectivity index (χ3v) is 7.97. The van der Waals surface area contributed by atoms with Crippen LogP contribution in [0.5, 0.6) is 0 Å². The molecule has 25 nitrogen and oxygen atoms in total. The number of nitriles is 3. The van der Waals surface area contributed by atoms with Gasteiger partial charge >= 0.3 is 11.7 Å². The Kier molecular flexibility index (Phi) is 19.1. The predicted molar refractivity (Wildman–Crippen MR) is 225 cm³/mol. The zero-order valence-corrected chi connectivity index (χ0v) is 36.2. The maximum Gasteiger partial charge on any atom is 0.327 e. The monoisotopic (exact) mass is 882 g/mol. The van der Waals surface area contributed by atoms with Gasteiger partial charge in [-0.05, 0) is 53.1 Å². The number of primary amides is 3. The molecule has 6 aromatic rings. The molecule has 0 spiro atoms. The largest absolute Gasteiger partial charge is 0.496 e. The molecule has 0 radical (unpaired) electrons. The predicted octanol–water partition coefficient (Wildman–Crippen LogP) is 1.20. The lowest BCUT2D eigenvalue weighted by atomic mass is 10.2. The number of H-pyrrole nitrogens is 2. The van der Waals surface area contributed by atoms with E-state index in [4.69, 9.17) is 65.7 Å². The summed E-state index contributed by atoms with van der Waals surface area (Å²) in [5, 5.41) is 42.9. The van der Waals surface area contributed by atoms with Gasteiger partial charge in [-0.15, -0.1) is 0 Å². The van der Waals surface area contributed by atoms with Crippen molar-refractivity contribution in [3.63, 3.8) is 0 Å². The third-order valence-electron chi connectivity index (χ3n) is 7.52. The highest BCUT2D eigenvalue weighted by Crippen LogP contribution is 2.24. The Morgan fingerprint density at radius 1 is 0.754 bits per heavy atom. The summed E-state index contributed by atoms with van der Waals surface area (Å²) in [6.45, 7) is 10.9. The summed E-state index contributed by atoms with van der Waals surface area (Å²) < 4.78 is 10.9. The van der Waals surface area contributed by atoms with Gasteiger partial charge in [-0.2, -0.15) is 41.2 Å². The standard InChI is InChI=1S/C7H6Cl2N4.C7H8N4O2.C7H8N2O.C6H10N4O.C6H8N4.CH4N2O/c1-3-4-5(8)10-7(9)11-6(4)13(2)12-3;1-3-4-5(11(2)10-3)8-7(13)9-6(4)12;1-3-10-6(2)7(4-8)5-9;1-3-4(6(8)11)5(7)10(2)9-3;1-4-5(3-7)6(8)10(2)9-4;2-1(3)4/h1-2H3;1-2H3,(H2,8,9,12,13);3H2,1-2H3;7H2,1-2H3,(H2,8,11);8H2,1-2H3;(H4,2,3,4). The molecular formula is C34H44Cl2N20O5. The van der Waals surface area contributed by atoms with E-state index in [2.05, 4.69) is 51.8 Å². The molecule has 0 saturated carbocycles. The van der Waals surface area contributed by atoms with Crippen molar-refractivity contribution in [2.45, 2.75) is 41.5 Å². The van der Waals surface area contributed by atoms with Gasteiger partial charge < -0.3 is 33.4 Å². The molecule has 0 fully saturated rings. The molecule has 27 heteroatoms. The molecule has 3 amide bonds. The van der Waals surface area contributed by atoms with E-state index >= 15 is 0 Å². The van der Waals surface area contributed by atoms with E-state index in [-0.39, 0.29) is 10.9 Å². The molecule has 61 heavy (non-hydrogen) atoms. The first-order valence-corrected chi connectivity index (χ1v) is 17.8. The quantitative estimate of drug-likeness (QED) is 0.0568. The lowest BCUT2D eigenvalue weighted by molar-refractivity contribution is 0.100. The molecule has 0 aliphatic rings. The Hall–Kier alpha value is -7.95. The molecule has 0 saturated heterocycles. The summed E-state index contributed by atoms with van der Waals surface area (Å²) >= 11 is 11.5. The highest BCUT2D eigenvalue weighted by atomic mass is 35.5. The molecule has 0 aromatic carbocycles. The fourth-order valence-electron chi connectivity index (χ4n) is 4.91. The fourth-order valence-corrected chi connectivity index (χ4v) is 5.42. The number of ether oxygens (including phenoxy) is 1. The zero-order valence-electron chi connectivity index (χ0n) is 34.7. The van der Waals surface area contributed by atoms with Gasteiger partial charge in [0.15, 0.2) is 11.2 Å². The molecule has 0 atom stereocenters. The number of carbonyl (C=O) groups is 2. The first kappa shape index (κ1) is 51.1. The topological polar surface area (TPSA) is 408 Å². The van der Waals surface area contributed by atoms with Crippen LogP contribution >= 0.6 is 23.2 Å². The van der Waals surface area contributed by atoms with Gasteiger partial charge in [-0.25, -0.2) is 19.3 Å². The van der Waals surface area contributed by atoms with E-state index in [0.717, 1.165) is 11.1 Å². The number of anilines is 2. The average molecular weight is 884 g/mol. The number of aromatic amines is 2. The summed E-state index contributed by atoms with van der Waals surface area (Å²) in [7, 11) is 6.83. The number of urea groups is 1. The van der Waals surface area contributed by atoms with Gasteiger partial charge in [0.25, 0.3) is 11.5 Å². The Labute approximate surface area is 356 Å². The summed E-state index contributed by atoms with van der Waals surface area (Å²) in [6, 6.07) is 4.60. The number of halogens is 2. The molecule has 0 aliphatic carbocycles. The summed E-state index contributed by atoms with van der Waals surface area (Å²) in [5.74, 6) is 0.607. The molecule has 12 N–H and O–H groups in total. The first-order valence-electron chi connectivity index (χ1n) is 17.0. The number of hydrogen-bond donors (Lipinski definition) is 7.